The maximum atomic E-state index is 15.0. The highest BCUT2D eigenvalue weighted by molar-refractivity contribution is 5.87. The number of hydrogen-bond donors (Lipinski definition) is 2. The van der Waals surface area contributed by atoms with E-state index in [1.165, 1.54) is 6.07 Å². The van der Waals surface area contributed by atoms with Crippen LogP contribution in [0.1, 0.15) is 32.0 Å². The molecule has 37 heavy (non-hydrogen) atoms. The average molecular weight is 508 g/mol. The fourth-order valence-corrected chi connectivity index (χ4v) is 4.40. The summed E-state index contributed by atoms with van der Waals surface area (Å²) in [5.41, 5.74) is 2.89. The maximum absolute atomic E-state index is 15.0. The van der Waals surface area contributed by atoms with E-state index in [-0.39, 0.29) is 17.7 Å². The molecule has 0 radical (unpaired) electrons. The van der Waals surface area contributed by atoms with E-state index >= 15 is 0 Å². The van der Waals surface area contributed by atoms with E-state index in [0.717, 1.165) is 43.4 Å². The molecule has 0 atom stereocenters. The number of carbonyl (C=O) groups is 1. The molecule has 0 aliphatic rings. The first-order chi connectivity index (χ1) is 17.8. The molecule has 8 nitrogen and oxygen atoms in total. The molecule has 0 saturated heterocycles. The van der Waals surface area contributed by atoms with Gasteiger partial charge in [0.1, 0.15) is 23.6 Å². The Morgan fingerprint density at radius 1 is 1.11 bits per heavy atom. The smallest absolute Gasteiger partial charge is 0.229 e. The predicted octanol–water partition coefficient (Wildman–Crippen LogP) is 5.02. The molecule has 4 aromatic rings. The van der Waals surface area contributed by atoms with Gasteiger partial charge in [0.2, 0.25) is 5.95 Å². The summed E-state index contributed by atoms with van der Waals surface area (Å²) >= 11 is 0. The average Bonchev–Trinajstić information content (AvgIpc) is 3.22. The lowest BCUT2D eigenvalue weighted by Gasteiger charge is -2.19. The van der Waals surface area contributed by atoms with E-state index in [0.29, 0.717) is 28.8 Å². The number of anilines is 3. The van der Waals surface area contributed by atoms with Crippen LogP contribution in [0.5, 0.6) is 0 Å². The van der Waals surface area contributed by atoms with Crippen molar-refractivity contribution in [2.75, 3.05) is 36.9 Å². The number of pyridine rings is 1. The summed E-state index contributed by atoms with van der Waals surface area (Å²) in [6.07, 6.45) is 4.51. The SMILES string of the molecule is Cc1cc2c(F)cc(-c3nc(Nc4ccc(N(C)CCCNCC=O)cn4)ncc3F)cc2n1C(C)C. The van der Waals surface area contributed by atoms with Crippen molar-refractivity contribution in [3.05, 3.63) is 60.1 Å². The van der Waals surface area contributed by atoms with E-state index in [1.807, 2.05) is 38.5 Å². The fraction of sp³-hybridized carbons (Fsp3) is 0.333. The van der Waals surface area contributed by atoms with Gasteiger partial charge < -0.3 is 24.9 Å². The molecule has 10 heteroatoms. The van der Waals surface area contributed by atoms with Gasteiger partial charge in [-0.15, -0.1) is 0 Å². The normalized spacial score (nSPS) is 11.3. The summed E-state index contributed by atoms with van der Waals surface area (Å²) < 4.78 is 31.8. The van der Waals surface area contributed by atoms with Crippen LogP contribution in [-0.4, -0.2) is 52.5 Å². The van der Waals surface area contributed by atoms with Crippen molar-refractivity contribution >= 4 is 34.6 Å². The minimum Gasteiger partial charge on any atom is -0.373 e. The standard InChI is InChI=1S/C27H31F2N7O/c1-17(2)36-18(3)12-21-22(28)13-19(14-24(21)36)26-23(29)16-32-27(34-26)33-25-7-6-20(15-31-25)35(4)10-5-8-30-9-11-37/h6-7,11-17,30H,5,8-10H2,1-4H3,(H,31,32,33,34). The minimum absolute atomic E-state index is 0.00648. The van der Waals surface area contributed by atoms with Crippen LogP contribution in [-0.2, 0) is 4.79 Å². The molecule has 0 bridgehead atoms. The van der Waals surface area contributed by atoms with Crippen LogP contribution in [0, 0.1) is 18.6 Å². The van der Waals surface area contributed by atoms with Crippen LogP contribution in [0.2, 0.25) is 0 Å². The van der Waals surface area contributed by atoms with Crippen LogP contribution in [0.15, 0.2) is 42.7 Å². The van der Waals surface area contributed by atoms with Gasteiger partial charge in [-0.1, -0.05) is 0 Å². The zero-order valence-electron chi connectivity index (χ0n) is 21.4. The molecule has 0 unspecified atom stereocenters. The maximum Gasteiger partial charge on any atom is 0.229 e. The number of carbonyl (C=O) groups excluding carboxylic acids is 1. The molecule has 0 aliphatic heterocycles. The summed E-state index contributed by atoms with van der Waals surface area (Å²) in [7, 11) is 1.96. The molecule has 0 fully saturated rings. The first-order valence-electron chi connectivity index (χ1n) is 12.2. The number of aryl methyl sites for hydroxylation is 1. The lowest BCUT2D eigenvalue weighted by molar-refractivity contribution is -0.107. The highest BCUT2D eigenvalue weighted by Crippen LogP contribution is 2.32. The molecule has 0 spiro atoms. The Morgan fingerprint density at radius 2 is 1.92 bits per heavy atom. The minimum atomic E-state index is -0.642. The lowest BCUT2D eigenvalue weighted by Crippen LogP contribution is -2.24. The van der Waals surface area contributed by atoms with Crippen molar-refractivity contribution in [3.63, 3.8) is 0 Å². The van der Waals surface area contributed by atoms with E-state index in [1.54, 1.807) is 24.4 Å². The third-order valence-electron chi connectivity index (χ3n) is 6.14. The molecular weight excluding hydrogens is 476 g/mol. The summed E-state index contributed by atoms with van der Waals surface area (Å²) in [6, 6.07) is 8.68. The largest absolute Gasteiger partial charge is 0.373 e. The summed E-state index contributed by atoms with van der Waals surface area (Å²) in [4.78, 5) is 25.2. The first kappa shape index (κ1) is 26.2. The number of rotatable bonds is 11. The number of aldehydes is 1. The topological polar surface area (TPSA) is 88.0 Å². The second kappa shape index (κ2) is 11.4. The van der Waals surface area contributed by atoms with Gasteiger partial charge in [0.05, 0.1) is 30.1 Å². The van der Waals surface area contributed by atoms with Crippen molar-refractivity contribution in [2.45, 2.75) is 33.2 Å². The number of nitrogens with zero attached hydrogens (tertiary/aromatic N) is 5. The fourth-order valence-electron chi connectivity index (χ4n) is 4.40. The van der Waals surface area contributed by atoms with Crippen LogP contribution in [0.4, 0.5) is 26.2 Å². The molecule has 3 heterocycles. The monoisotopic (exact) mass is 507 g/mol. The van der Waals surface area contributed by atoms with Gasteiger partial charge in [-0.25, -0.2) is 23.7 Å². The van der Waals surface area contributed by atoms with Gasteiger partial charge in [0.15, 0.2) is 5.82 Å². The Hall–Kier alpha value is -3.92. The molecule has 194 valence electrons. The Bertz CT molecular complexity index is 1390. The zero-order valence-corrected chi connectivity index (χ0v) is 21.4. The quantitative estimate of drug-likeness (QED) is 0.218. The number of hydrogen-bond acceptors (Lipinski definition) is 7. The van der Waals surface area contributed by atoms with Crippen LogP contribution in [0.3, 0.4) is 0 Å². The highest BCUT2D eigenvalue weighted by Gasteiger charge is 2.17. The number of halogens is 2. The van der Waals surface area contributed by atoms with E-state index in [4.69, 9.17) is 0 Å². The highest BCUT2D eigenvalue weighted by atomic mass is 19.1. The van der Waals surface area contributed by atoms with Crippen molar-refractivity contribution in [1.82, 2.24) is 24.8 Å². The molecule has 0 saturated carbocycles. The van der Waals surface area contributed by atoms with Crippen molar-refractivity contribution in [3.8, 4) is 11.3 Å². The lowest BCUT2D eigenvalue weighted by atomic mass is 10.1. The van der Waals surface area contributed by atoms with Gasteiger partial charge in [-0.2, -0.15) is 0 Å². The summed E-state index contributed by atoms with van der Waals surface area (Å²) in [6.45, 7) is 7.87. The molecule has 0 aliphatic carbocycles. The molecule has 0 amide bonds. The predicted molar refractivity (Wildman–Crippen MR) is 142 cm³/mol. The number of benzene rings is 1. The Balaban J connectivity index is 1.53. The van der Waals surface area contributed by atoms with Gasteiger partial charge >= 0.3 is 0 Å². The Labute approximate surface area is 214 Å². The van der Waals surface area contributed by atoms with Crippen LogP contribution < -0.4 is 15.5 Å². The first-order valence-corrected chi connectivity index (χ1v) is 12.2. The van der Waals surface area contributed by atoms with Gasteiger partial charge in [-0.3, -0.25) is 0 Å². The van der Waals surface area contributed by atoms with E-state index < -0.39 is 11.6 Å². The van der Waals surface area contributed by atoms with Crippen molar-refractivity contribution in [1.29, 1.82) is 0 Å². The molecule has 2 N–H and O–H groups in total. The van der Waals surface area contributed by atoms with Crippen LogP contribution in [0.25, 0.3) is 22.2 Å². The molecule has 3 aromatic heterocycles. The van der Waals surface area contributed by atoms with Gasteiger partial charge in [-0.05, 0) is 64.1 Å². The summed E-state index contributed by atoms with van der Waals surface area (Å²) in [5.74, 6) is -0.421. The second-order valence-corrected chi connectivity index (χ2v) is 9.20. The van der Waals surface area contributed by atoms with Crippen molar-refractivity contribution < 1.29 is 13.6 Å². The molecule has 4 rings (SSSR count). The molecular formula is C27H31F2N7O. The van der Waals surface area contributed by atoms with E-state index in [9.17, 15) is 13.6 Å². The van der Waals surface area contributed by atoms with Gasteiger partial charge in [0.25, 0.3) is 0 Å². The third-order valence-corrected chi connectivity index (χ3v) is 6.14. The van der Waals surface area contributed by atoms with E-state index in [2.05, 4.69) is 30.5 Å². The van der Waals surface area contributed by atoms with Crippen molar-refractivity contribution in [2.24, 2.45) is 0 Å². The summed E-state index contributed by atoms with van der Waals surface area (Å²) in [5, 5.41) is 6.53. The van der Waals surface area contributed by atoms with Gasteiger partial charge in [0, 0.05) is 36.3 Å². The third kappa shape index (κ3) is 5.91. The zero-order chi connectivity index (χ0) is 26.5. The molecule has 1 aromatic carbocycles. The number of aromatic nitrogens is 4. The Morgan fingerprint density at radius 3 is 2.62 bits per heavy atom. The van der Waals surface area contributed by atoms with Crippen LogP contribution >= 0.6 is 0 Å². The number of nitrogens with one attached hydrogen (secondary N) is 2. The number of fused-ring (bicyclic) bond motifs is 1. The second-order valence-electron chi connectivity index (χ2n) is 9.20. The Kier molecular flexibility index (Phi) is 8.08.